The van der Waals surface area contributed by atoms with Crippen LogP contribution in [0.5, 0.6) is 5.75 Å². The summed E-state index contributed by atoms with van der Waals surface area (Å²) in [7, 11) is 1.55. The lowest BCUT2D eigenvalue weighted by Gasteiger charge is -2.29. The number of ether oxygens (including phenoxy) is 1. The van der Waals surface area contributed by atoms with Gasteiger partial charge in [-0.05, 0) is 23.8 Å². The van der Waals surface area contributed by atoms with Gasteiger partial charge >= 0.3 is 0 Å². The van der Waals surface area contributed by atoms with Gasteiger partial charge in [0, 0.05) is 18.0 Å². The molecular formula is C23H21ClN4O5. The van der Waals surface area contributed by atoms with Gasteiger partial charge in [0.15, 0.2) is 0 Å². The summed E-state index contributed by atoms with van der Waals surface area (Å²) in [5, 5.41) is 6.21. The molecule has 170 valence electrons. The Kier molecular flexibility index (Phi) is 4.91. The Bertz CT molecular complexity index is 1200. The number of methoxy groups -OCH3 is 1. The van der Waals surface area contributed by atoms with Crippen LogP contribution in [0.2, 0.25) is 5.02 Å². The number of halogens is 1. The van der Waals surface area contributed by atoms with Gasteiger partial charge in [0.2, 0.25) is 23.6 Å². The number of carbonyl (C=O) groups is 4. The van der Waals surface area contributed by atoms with Crippen molar-refractivity contribution in [2.45, 2.75) is 24.5 Å². The normalized spacial score (nSPS) is 27.6. The quantitative estimate of drug-likeness (QED) is 0.564. The molecule has 9 nitrogen and oxygen atoms in total. The number of primary amides is 1. The smallest absolute Gasteiger partial charge is 0.250 e. The van der Waals surface area contributed by atoms with Crippen molar-refractivity contribution >= 4 is 40.9 Å². The molecule has 33 heavy (non-hydrogen) atoms. The number of rotatable bonds is 5. The highest BCUT2D eigenvalue weighted by Crippen LogP contribution is 2.54. The molecule has 4 N–H and O–H groups in total. The third kappa shape index (κ3) is 3.03. The number of nitrogens with two attached hydrogens (primary N) is 1. The summed E-state index contributed by atoms with van der Waals surface area (Å²) in [5.74, 6) is -3.35. The van der Waals surface area contributed by atoms with Crippen LogP contribution in [-0.2, 0) is 31.3 Å². The van der Waals surface area contributed by atoms with Gasteiger partial charge in [-0.15, -0.1) is 0 Å². The molecule has 3 aliphatic rings. The van der Waals surface area contributed by atoms with Gasteiger partial charge in [0.05, 0.1) is 36.2 Å². The van der Waals surface area contributed by atoms with Gasteiger partial charge < -0.3 is 15.8 Å². The Morgan fingerprint density at radius 2 is 1.88 bits per heavy atom. The standard InChI is InChI=1S/C23H21ClN4O5/c1-33-12-7-5-11(6-8-12)10-28-20(30)17-15(9-16(25)29)27-23(18(17)21(28)31)13-3-2-4-14(24)19(13)26-22(23)32/h2-8,15,17-18,27H,9-10H2,1H3,(H2,25,29)(H,26,32)/t15-,17+,18+,23+/m1/s1. The lowest BCUT2D eigenvalue weighted by molar-refractivity contribution is -0.143. The fourth-order valence-corrected chi connectivity index (χ4v) is 5.54. The number of nitrogens with one attached hydrogen (secondary N) is 2. The monoisotopic (exact) mass is 468 g/mol. The van der Waals surface area contributed by atoms with E-state index < -0.39 is 47.0 Å². The van der Waals surface area contributed by atoms with E-state index in [0.717, 1.165) is 10.5 Å². The summed E-state index contributed by atoms with van der Waals surface area (Å²) in [6.45, 7) is 0.0397. The number of nitrogens with zero attached hydrogens (tertiary/aromatic N) is 1. The molecule has 2 aromatic carbocycles. The molecule has 2 aromatic rings. The second-order valence-electron chi connectivity index (χ2n) is 8.46. The van der Waals surface area contributed by atoms with E-state index in [4.69, 9.17) is 22.1 Å². The highest BCUT2D eigenvalue weighted by atomic mass is 35.5. The highest BCUT2D eigenvalue weighted by Gasteiger charge is 2.70. The number of carbonyl (C=O) groups excluding carboxylic acids is 4. The number of amides is 4. The number of para-hydroxylation sites is 1. The molecule has 4 atom stereocenters. The van der Waals surface area contributed by atoms with Crippen molar-refractivity contribution in [3.63, 3.8) is 0 Å². The van der Waals surface area contributed by atoms with Gasteiger partial charge in [0.1, 0.15) is 11.3 Å². The molecule has 0 radical (unpaired) electrons. The van der Waals surface area contributed by atoms with Crippen LogP contribution in [0.25, 0.3) is 0 Å². The molecule has 5 rings (SSSR count). The molecule has 1 spiro atoms. The molecule has 0 bridgehead atoms. The van der Waals surface area contributed by atoms with Crippen LogP contribution in [0.3, 0.4) is 0 Å². The van der Waals surface area contributed by atoms with E-state index >= 15 is 0 Å². The van der Waals surface area contributed by atoms with Gasteiger partial charge in [-0.2, -0.15) is 0 Å². The van der Waals surface area contributed by atoms with E-state index in [-0.39, 0.29) is 13.0 Å². The number of imide groups is 1. The number of likely N-dealkylation sites (tertiary alicyclic amines) is 1. The highest BCUT2D eigenvalue weighted by molar-refractivity contribution is 6.35. The molecule has 0 saturated carbocycles. The first-order valence-corrected chi connectivity index (χ1v) is 10.8. The first-order valence-electron chi connectivity index (χ1n) is 10.4. The van der Waals surface area contributed by atoms with Gasteiger partial charge in [-0.25, -0.2) is 0 Å². The minimum absolute atomic E-state index is 0.0397. The predicted octanol–water partition coefficient (Wildman–Crippen LogP) is 1.14. The van der Waals surface area contributed by atoms with Crippen LogP contribution in [0.1, 0.15) is 17.5 Å². The molecule has 10 heteroatoms. The number of benzene rings is 2. The van der Waals surface area contributed by atoms with Crippen LogP contribution < -0.4 is 21.1 Å². The Labute approximate surface area is 194 Å². The lowest BCUT2D eigenvalue weighted by Crippen LogP contribution is -2.53. The number of fused-ring (bicyclic) bond motifs is 4. The minimum Gasteiger partial charge on any atom is -0.497 e. The molecule has 0 unspecified atom stereocenters. The maximum absolute atomic E-state index is 13.7. The summed E-state index contributed by atoms with van der Waals surface area (Å²) in [6.07, 6.45) is -0.193. The van der Waals surface area contributed by atoms with Crippen molar-refractivity contribution in [3.8, 4) is 5.75 Å². The van der Waals surface area contributed by atoms with Gasteiger partial charge in [-0.3, -0.25) is 29.4 Å². The Morgan fingerprint density at radius 1 is 1.15 bits per heavy atom. The van der Waals surface area contributed by atoms with E-state index in [1.807, 2.05) is 0 Å². The van der Waals surface area contributed by atoms with Crippen LogP contribution in [0.4, 0.5) is 5.69 Å². The summed E-state index contributed by atoms with van der Waals surface area (Å²) >= 11 is 6.30. The molecule has 2 saturated heterocycles. The van der Waals surface area contributed by atoms with Crippen molar-refractivity contribution in [2.75, 3.05) is 12.4 Å². The van der Waals surface area contributed by atoms with Crippen LogP contribution >= 0.6 is 11.6 Å². The van der Waals surface area contributed by atoms with Gasteiger partial charge in [-0.1, -0.05) is 35.9 Å². The summed E-state index contributed by atoms with van der Waals surface area (Å²) < 4.78 is 5.16. The fourth-order valence-electron chi connectivity index (χ4n) is 5.31. The molecule has 2 fully saturated rings. The molecule has 3 aliphatic heterocycles. The van der Waals surface area contributed by atoms with Crippen molar-refractivity contribution in [3.05, 3.63) is 58.6 Å². The number of anilines is 1. The van der Waals surface area contributed by atoms with Crippen molar-refractivity contribution in [2.24, 2.45) is 17.6 Å². The Morgan fingerprint density at radius 3 is 2.55 bits per heavy atom. The topological polar surface area (TPSA) is 131 Å². The molecule has 0 aromatic heterocycles. The van der Waals surface area contributed by atoms with E-state index in [2.05, 4.69) is 10.6 Å². The minimum atomic E-state index is -1.52. The van der Waals surface area contributed by atoms with E-state index in [9.17, 15) is 19.2 Å². The van der Waals surface area contributed by atoms with Crippen LogP contribution in [0.15, 0.2) is 42.5 Å². The van der Waals surface area contributed by atoms with Crippen molar-refractivity contribution in [1.82, 2.24) is 10.2 Å². The third-order valence-corrected chi connectivity index (χ3v) is 7.03. The second kappa shape index (κ2) is 7.57. The maximum Gasteiger partial charge on any atom is 0.250 e. The summed E-state index contributed by atoms with van der Waals surface area (Å²) in [6, 6.07) is 11.2. The van der Waals surface area contributed by atoms with E-state index in [1.54, 1.807) is 49.6 Å². The Hall–Kier alpha value is -3.43. The predicted molar refractivity (Wildman–Crippen MR) is 118 cm³/mol. The molecule has 0 aliphatic carbocycles. The Balaban J connectivity index is 1.58. The third-order valence-electron chi connectivity index (χ3n) is 6.71. The maximum atomic E-state index is 13.7. The van der Waals surface area contributed by atoms with E-state index in [0.29, 0.717) is 22.0 Å². The second-order valence-corrected chi connectivity index (χ2v) is 8.87. The number of hydrogen-bond acceptors (Lipinski definition) is 6. The van der Waals surface area contributed by atoms with Crippen molar-refractivity contribution < 1.29 is 23.9 Å². The number of hydrogen-bond donors (Lipinski definition) is 3. The first-order chi connectivity index (χ1) is 15.8. The average Bonchev–Trinajstić information content (AvgIpc) is 3.35. The zero-order chi connectivity index (χ0) is 23.5. The SMILES string of the molecule is COc1ccc(CN2C(=O)[C@@H]3[C@@H](C2=O)[C@]2(N[C@@H]3CC(N)=O)C(=O)Nc3c(Cl)cccc32)cc1. The largest absolute Gasteiger partial charge is 0.497 e. The lowest BCUT2D eigenvalue weighted by atomic mass is 9.76. The van der Waals surface area contributed by atoms with Crippen molar-refractivity contribution in [1.29, 1.82) is 0 Å². The van der Waals surface area contributed by atoms with Crippen LogP contribution in [-0.4, -0.2) is 41.7 Å². The van der Waals surface area contributed by atoms with Crippen LogP contribution in [0, 0.1) is 11.8 Å². The molecular weight excluding hydrogens is 448 g/mol. The molecule has 4 amide bonds. The average molecular weight is 469 g/mol. The summed E-state index contributed by atoms with van der Waals surface area (Å²) in [5.41, 5.74) is 5.52. The molecule has 3 heterocycles. The zero-order valence-corrected chi connectivity index (χ0v) is 18.4. The first kappa shape index (κ1) is 21.4. The fraction of sp³-hybridized carbons (Fsp3) is 0.304. The van der Waals surface area contributed by atoms with E-state index in [1.165, 1.54) is 0 Å². The zero-order valence-electron chi connectivity index (χ0n) is 17.6. The summed E-state index contributed by atoms with van der Waals surface area (Å²) in [4.78, 5) is 53.4. The van der Waals surface area contributed by atoms with Gasteiger partial charge in [0.25, 0.3) is 0 Å².